The van der Waals surface area contributed by atoms with Gasteiger partial charge in [0.25, 0.3) is 0 Å². The van der Waals surface area contributed by atoms with Crippen molar-refractivity contribution >= 4 is 5.78 Å². The Balaban J connectivity index is 1.88. The molecule has 1 aromatic carbocycles. The first kappa shape index (κ1) is 13.6. The lowest BCUT2D eigenvalue weighted by Gasteiger charge is -2.07. The van der Waals surface area contributed by atoms with E-state index in [4.69, 9.17) is 4.74 Å². The zero-order valence-corrected chi connectivity index (χ0v) is 10.8. The van der Waals surface area contributed by atoms with Gasteiger partial charge in [-0.1, -0.05) is 0 Å². The normalized spacial score (nSPS) is 13.7. The van der Waals surface area contributed by atoms with Gasteiger partial charge in [0.05, 0.1) is 12.2 Å². The Morgan fingerprint density at radius 2 is 2.00 bits per heavy atom. The Morgan fingerprint density at radius 3 is 2.67 bits per heavy atom. The Kier molecular flexibility index (Phi) is 3.16. The van der Waals surface area contributed by atoms with Crippen molar-refractivity contribution in [3.05, 3.63) is 58.9 Å². The summed E-state index contributed by atoms with van der Waals surface area (Å²) in [6, 6.07) is 6.93. The van der Waals surface area contributed by atoms with Crippen molar-refractivity contribution < 1.29 is 22.7 Å². The molecule has 0 bridgehead atoms. The Bertz CT molecular complexity index is 693. The summed E-state index contributed by atoms with van der Waals surface area (Å²) in [5.74, 6) is 0.338. The SMILES string of the molecule is O=C(c1ccc2c(c1)CCO2)c1ccc(C(F)(F)F)cn1. The smallest absolute Gasteiger partial charge is 0.417 e. The molecule has 0 N–H and O–H groups in total. The Labute approximate surface area is 118 Å². The van der Waals surface area contributed by atoms with Crippen molar-refractivity contribution in [1.82, 2.24) is 4.98 Å². The third-order valence-electron chi connectivity index (χ3n) is 3.28. The molecular weight excluding hydrogens is 283 g/mol. The molecule has 6 heteroatoms. The molecule has 0 aliphatic carbocycles. The maximum absolute atomic E-state index is 12.5. The molecule has 1 aliphatic heterocycles. The van der Waals surface area contributed by atoms with Gasteiger partial charge >= 0.3 is 6.18 Å². The van der Waals surface area contributed by atoms with E-state index in [1.807, 2.05) is 0 Å². The molecule has 0 spiro atoms. The molecule has 0 atom stereocenters. The van der Waals surface area contributed by atoms with Gasteiger partial charge in [0.2, 0.25) is 5.78 Å². The monoisotopic (exact) mass is 293 g/mol. The average Bonchev–Trinajstić information content (AvgIpc) is 2.93. The second-order valence-electron chi connectivity index (χ2n) is 4.68. The van der Waals surface area contributed by atoms with E-state index < -0.39 is 17.5 Å². The maximum atomic E-state index is 12.5. The standard InChI is InChI=1S/C15H10F3NO2/c16-15(17,18)11-2-3-12(19-8-11)14(20)10-1-4-13-9(7-10)5-6-21-13/h1-4,7-8H,5-6H2. The molecule has 1 aliphatic rings. The highest BCUT2D eigenvalue weighted by molar-refractivity contribution is 6.07. The van der Waals surface area contributed by atoms with Crippen LogP contribution in [0.2, 0.25) is 0 Å². The predicted molar refractivity (Wildman–Crippen MR) is 68.3 cm³/mol. The summed E-state index contributed by atoms with van der Waals surface area (Å²) in [6.07, 6.45) is -3.07. The molecular formula is C15H10F3NO2. The number of carbonyl (C=O) groups is 1. The van der Waals surface area contributed by atoms with Crippen molar-refractivity contribution in [2.75, 3.05) is 6.61 Å². The summed E-state index contributed by atoms with van der Waals surface area (Å²) < 4.78 is 42.7. The molecule has 1 aromatic heterocycles. The van der Waals surface area contributed by atoms with Gasteiger partial charge in [-0.05, 0) is 35.9 Å². The minimum atomic E-state index is -4.46. The lowest BCUT2D eigenvalue weighted by atomic mass is 10.0. The molecule has 3 rings (SSSR count). The van der Waals surface area contributed by atoms with E-state index in [-0.39, 0.29) is 5.69 Å². The Hall–Kier alpha value is -2.37. The number of ketones is 1. The lowest BCUT2D eigenvalue weighted by molar-refractivity contribution is -0.137. The van der Waals surface area contributed by atoms with Gasteiger partial charge in [0.15, 0.2) is 0 Å². The molecule has 0 amide bonds. The number of fused-ring (bicyclic) bond motifs is 1. The molecule has 108 valence electrons. The molecule has 2 aromatic rings. The zero-order valence-electron chi connectivity index (χ0n) is 10.8. The van der Waals surface area contributed by atoms with Crippen LogP contribution in [0.15, 0.2) is 36.5 Å². The van der Waals surface area contributed by atoms with E-state index in [2.05, 4.69) is 4.98 Å². The number of halogens is 3. The largest absolute Gasteiger partial charge is 0.493 e. The van der Waals surface area contributed by atoms with E-state index in [0.29, 0.717) is 18.4 Å². The van der Waals surface area contributed by atoms with Crippen LogP contribution in [0.25, 0.3) is 0 Å². The second kappa shape index (κ2) is 4.87. The van der Waals surface area contributed by atoms with Crippen molar-refractivity contribution in [1.29, 1.82) is 0 Å². The fourth-order valence-corrected chi connectivity index (χ4v) is 2.17. The van der Waals surface area contributed by atoms with Gasteiger partial charge in [-0.3, -0.25) is 9.78 Å². The van der Waals surface area contributed by atoms with Crippen LogP contribution in [-0.4, -0.2) is 17.4 Å². The number of benzene rings is 1. The third-order valence-corrected chi connectivity index (χ3v) is 3.28. The number of pyridine rings is 1. The van der Waals surface area contributed by atoms with Crippen LogP contribution in [0.4, 0.5) is 13.2 Å². The summed E-state index contributed by atoms with van der Waals surface area (Å²) in [4.78, 5) is 15.8. The van der Waals surface area contributed by atoms with E-state index in [9.17, 15) is 18.0 Å². The molecule has 0 saturated heterocycles. The van der Waals surface area contributed by atoms with Crippen molar-refractivity contribution in [2.45, 2.75) is 12.6 Å². The molecule has 3 nitrogen and oxygen atoms in total. The lowest BCUT2D eigenvalue weighted by Crippen LogP contribution is -2.09. The fourth-order valence-electron chi connectivity index (χ4n) is 2.17. The van der Waals surface area contributed by atoms with Crippen LogP contribution in [0.5, 0.6) is 5.75 Å². The Morgan fingerprint density at radius 1 is 1.19 bits per heavy atom. The summed E-state index contributed by atoms with van der Waals surface area (Å²) >= 11 is 0. The van der Waals surface area contributed by atoms with Crippen LogP contribution in [-0.2, 0) is 12.6 Å². The first-order valence-corrected chi connectivity index (χ1v) is 6.29. The fraction of sp³-hybridized carbons (Fsp3) is 0.200. The summed E-state index contributed by atoms with van der Waals surface area (Å²) in [5.41, 5.74) is 0.433. The van der Waals surface area contributed by atoms with E-state index in [1.165, 1.54) is 0 Å². The first-order valence-electron chi connectivity index (χ1n) is 6.29. The topological polar surface area (TPSA) is 39.2 Å². The van der Waals surface area contributed by atoms with Crippen LogP contribution in [0.3, 0.4) is 0 Å². The quantitative estimate of drug-likeness (QED) is 0.798. The van der Waals surface area contributed by atoms with Gasteiger partial charge in [-0.2, -0.15) is 13.2 Å². The highest BCUT2D eigenvalue weighted by atomic mass is 19.4. The summed E-state index contributed by atoms with van der Waals surface area (Å²) in [7, 11) is 0. The van der Waals surface area contributed by atoms with Crippen LogP contribution >= 0.6 is 0 Å². The first-order chi connectivity index (χ1) is 9.95. The van der Waals surface area contributed by atoms with Crippen LogP contribution in [0, 0.1) is 0 Å². The summed E-state index contributed by atoms with van der Waals surface area (Å²) in [6.45, 7) is 0.575. The van der Waals surface area contributed by atoms with Crippen molar-refractivity contribution in [3.8, 4) is 5.75 Å². The van der Waals surface area contributed by atoms with E-state index in [1.54, 1.807) is 18.2 Å². The number of nitrogens with zero attached hydrogens (tertiary/aromatic N) is 1. The third kappa shape index (κ3) is 2.61. The van der Waals surface area contributed by atoms with Crippen molar-refractivity contribution in [2.24, 2.45) is 0 Å². The molecule has 0 radical (unpaired) electrons. The number of rotatable bonds is 2. The average molecular weight is 293 g/mol. The highest BCUT2D eigenvalue weighted by Gasteiger charge is 2.31. The number of aromatic nitrogens is 1. The maximum Gasteiger partial charge on any atom is 0.417 e. The molecule has 2 heterocycles. The van der Waals surface area contributed by atoms with Crippen LogP contribution in [0.1, 0.15) is 27.2 Å². The molecule has 0 unspecified atom stereocenters. The molecule has 0 fully saturated rings. The van der Waals surface area contributed by atoms with Gasteiger partial charge in [0.1, 0.15) is 11.4 Å². The summed E-state index contributed by atoms with van der Waals surface area (Å²) in [5, 5.41) is 0. The van der Waals surface area contributed by atoms with Gasteiger partial charge < -0.3 is 4.74 Å². The van der Waals surface area contributed by atoms with Crippen LogP contribution < -0.4 is 4.74 Å². The second-order valence-corrected chi connectivity index (χ2v) is 4.68. The van der Waals surface area contributed by atoms with Gasteiger partial charge in [-0.25, -0.2) is 0 Å². The minimum absolute atomic E-state index is 0.0122. The number of ether oxygens (including phenoxy) is 1. The highest BCUT2D eigenvalue weighted by Crippen LogP contribution is 2.29. The van der Waals surface area contributed by atoms with Crippen molar-refractivity contribution in [3.63, 3.8) is 0 Å². The predicted octanol–water partition coefficient (Wildman–Crippen LogP) is 3.27. The number of alkyl halides is 3. The van der Waals surface area contributed by atoms with E-state index in [0.717, 1.165) is 29.9 Å². The number of hydrogen-bond acceptors (Lipinski definition) is 3. The number of carbonyl (C=O) groups excluding carboxylic acids is 1. The molecule has 0 saturated carbocycles. The van der Waals surface area contributed by atoms with Gasteiger partial charge in [-0.15, -0.1) is 0 Å². The minimum Gasteiger partial charge on any atom is -0.493 e. The van der Waals surface area contributed by atoms with E-state index >= 15 is 0 Å². The zero-order chi connectivity index (χ0) is 15.0. The number of hydrogen-bond donors (Lipinski definition) is 0. The molecule has 21 heavy (non-hydrogen) atoms. The van der Waals surface area contributed by atoms with Gasteiger partial charge in [0, 0.05) is 18.2 Å².